The topological polar surface area (TPSA) is 51.2 Å². The largest absolute Gasteiger partial charge is 0.294 e. The molecule has 3 nitrogen and oxygen atoms in total. The number of hydrogen-bond acceptors (Lipinski definition) is 3. The van der Waals surface area contributed by atoms with E-state index in [4.69, 9.17) is 11.6 Å². The van der Waals surface area contributed by atoms with Gasteiger partial charge in [0.15, 0.2) is 15.6 Å². The van der Waals surface area contributed by atoms with Crippen molar-refractivity contribution in [1.82, 2.24) is 0 Å². The van der Waals surface area contributed by atoms with Gasteiger partial charge in [-0.25, -0.2) is 12.8 Å². The van der Waals surface area contributed by atoms with E-state index in [0.29, 0.717) is 0 Å². The molecule has 0 atom stereocenters. The van der Waals surface area contributed by atoms with E-state index in [9.17, 15) is 17.6 Å². The third-order valence-electron chi connectivity index (χ3n) is 2.97. The van der Waals surface area contributed by atoms with Crippen LogP contribution >= 0.6 is 11.6 Å². The van der Waals surface area contributed by atoms with Crippen LogP contribution in [0, 0.1) is 5.82 Å². The zero-order valence-corrected chi connectivity index (χ0v) is 12.7. The van der Waals surface area contributed by atoms with Crippen molar-refractivity contribution in [3.8, 4) is 0 Å². The Kier molecular flexibility index (Phi) is 4.44. The van der Waals surface area contributed by atoms with Crippen LogP contribution in [0.3, 0.4) is 0 Å². The number of carbonyl (C=O) groups is 1. The molecule has 110 valence electrons. The number of sulfone groups is 1. The van der Waals surface area contributed by atoms with E-state index in [1.165, 1.54) is 36.4 Å². The first-order valence-corrected chi connectivity index (χ1v) is 8.32. The lowest BCUT2D eigenvalue weighted by Crippen LogP contribution is -2.07. The first kappa shape index (κ1) is 15.7. The second kappa shape index (κ2) is 5.95. The van der Waals surface area contributed by atoms with Crippen LogP contribution in [0.2, 0.25) is 5.02 Å². The Bertz CT molecular complexity index is 800. The van der Waals surface area contributed by atoms with E-state index in [1.807, 2.05) is 0 Å². The Morgan fingerprint density at radius 2 is 1.86 bits per heavy atom. The Morgan fingerprint density at radius 1 is 1.19 bits per heavy atom. The molecule has 0 saturated carbocycles. The molecule has 0 N–H and O–H groups in total. The van der Waals surface area contributed by atoms with Gasteiger partial charge in [-0.05, 0) is 23.8 Å². The van der Waals surface area contributed by atoms with E-state index in [-0.39, 0.29) is 33.2 Å². The van der Waals surface area contributed by atoms with Gasteiger partial charge in [0.25, 0.3) is 0 Å². The maximum Gasteiger partial charge on any atom is 0.175 e. The molecule has 2 rings (SSSR count). The molecule has 0 aliphatic rings. The SMILES string of the molecule is CS(=O)(=O)c1cccc(C(=O)Cc2cccc(Cl)c2F)c1. The number of rotatable bonds is 4. The number of hydrogen-bond donors (Lipinski definition) is 0. The fraction of sp³-hybridized carbons (Fsp3) is 0.133. The van der Waals surface area contributed by atoms with Crippen molar-refractivity contribution in [3.63, 3.8) is 0 Å². The van der Waals surface area contributed by atoms with E-state index < -0.39 is 15.7 Å². The van der Waals surface area contributed by atoms with Crippen molar-refractivity contribution in [2.24, 2.45) is 0 Å². The number of ketones is 1. The van der Waals surface area contributed by atoms with E-state index in [2.05, 4.69) is 0 Å². The summed E-state index contributed by atoms with van der Waals surface area (Å²) in [5.74, 6) is -1.01. The predicted molar refractivity (Wildman–Crippen MR) is 79.0 cm³/mol. The lowest BCUT2D eigenvalue weighted by Gasteiger charge is -2.05. The van der Waals surface area contributed by atoms with Gasteiger partial charge < -0.3 is 0 Å². The summed E-state index contributed by atoms with van der Waals surface area (Å²) < 4.78 is 36.7. The molecular formula is C15H12ClFO3S. The minimum atomic E-state index is -3.39. The number of halogens is 2. The Labute approximate surface area is 127 Å². The smallest absolute Gasteiger partial charge is 0.175 e. The van der Waals surface area contributed by atoms with E-state index in [1.54, 1.807) is 6.07 Å². The monoisotopic (exact) mass is 326 g/mol. The van der Waals surface area contributed by atoms with Gasteiger partial charge in [0, 0.05) is 18.2 Å². The van der Waals surface area contributed by atoms with Gasteiger partial charge in [-0.3, -0.25) is 4.79 Å². The summed E-state index contributed by atoms with van der Waals surface area (Å²) in [5, 5.41) is -0.0508. The van der Waals surface area contributed by atoms with Crippen LogP contribution < -0.4 is 0 Å². The molecule has 0 aromatic heterocycles. The van der Waals surface area contributed by atoms with Gasteiger partial charge in [-0.2, -0.15) is 0 Å². The summed E-state index contributed by atoms with van der Waals surface area (Å²) in [6.07, 6.45) is 0.882. The zero-order chi connectivity index (χ0) is 15.6. The maximum atomic E-state index is 13.8. The van der Waals surface area contributed by atoms with Gasteiger partial charge in [0.05, 0.1) is 9.92 Å². The van der Waals surface area contributed by atoms with Gasteiger partial charge in [-0.1, -0.05) is 35.9 Å². The second-order valence-corrected chi connectivity index (χ2v) is 7.04. The zero-order valence-electron chi connectivity index (χ0n) is 11.1. The standard InChI is InChI=1S/C15H12ClFO3S/c1-21(19,20)12-6-2-4-10(8-12)14(18)9-11-5-3-7-13(16)15(11)17/h2-8H,9H2,1H3. The van der Waals surface area contributed by atoms with Crippen LogP contribution in [0.25, 0.3) is 0 Å². The summed E-state index contributed by atoms with van der Waals surface area (Å²) >= 11 is 5.66. The Hall–Kier alpha value is -1.72. The van der Waals surface area contributed by atoms with Crippen molar-refractivity contribution in [2.75, 3.05) is 6.26 Å². The third-order valence-corrected chi connectivity index (χ3v) is 4.37. The molecule has 0 radical (unpaired) electrons. The van der Waals surface area contributed by atoms with Crippen molar-refractivity contribution < 1.29 is 17.6 Å². The second-order valence-electron chi connectivity index (χ2n) is 4.61. The van der Waals surface area contributed by atoms with Gasteiger partial charge >= 0.3 is 0 Å². The minimum absolute atomic E-state index is 0.0508. The molecule has 0 heterocycles. The van der Waals surface area contributed by atoms with Crippen LogP contribution in [0.5, 0.6) is 0 Å². The fourth-order valence-corrected chi connectivity index (χ4v) is 2.72. The average Bonchev–Trinajstić information content (AvgIpc) is 2.43. The predicted octanol–water partition coefficient (Wildman–Crippen LogP) is 3.31. The highest BCUT2D eigenvalue weighted by atomic mass is 35.5. The van der Waals surface area contributed by atoms with Crippen molar-refractivity contribution in [3.05, 3.63) is 64.4 Å². The third kappa shape index (κ3) is 3.68. The van der Waals surface area contributed by atoms with Crippen LogP contribution in [0.1, 0.15) is 15.9 Å². The summed E-state index contributed by atoms with van der Waals surface area (Å²) in [6.45, 7) is 0. The molecule has 21 heavy (non-hydrogen) atoms. The van der Waals surface area contributed by atoms with E-state index >= 15 is 0 Å². The van der Waals surface area contributed by atoms with Gasteiger partial charge in [-0.15, -0.1) is 0 Å². The average molecular weight is 327 g/mol. The number of carbonyl (C=O) groups excluding carboxylic acids is 1. The van der Waals surface area contributed by atoms with Crippen LogP contribution in [0.4, 0.5) is 4.39 Å². The normalized spacial score (nSPS) is 11.4. The molecular weight excluding hydrogens is 315 g/mol. The molecule has 0 spiro atoms. The first-order chi connectivity index (χ1) is 9.79. The first-order valence-electron chi connectivity index (χ1n) is 6.05. The van der Waals surface area contributed by atoms with Crippen molar-refractivity contribution >= 4 is 27.2 Å². The molecule has 2 aromatic carbocycles. The van der Waals surface area contributed by atoms with E-state index in [0.717, 1.165) is 6.26 Å². The molecule has 0 bridgehead atoms. The van der Waals surface area contributed by atoms with Gasteiger partial charge in [0.1, 0.15) is 5.82 Å². The minimum Gasteiger partial charge on any atom is -0.294 e. The van der Waals surface area contributed by atoms with Crippen LogP contribution in [0.15, 0.2) is 47.4 Å². The maximum absolute atomic E-state index is 13.8. The molecule has 0 amide bonds. The lowest BCUT2D eigenvalue weighted by atomic mass is 10.0. The molecule has 2 aromatic rings. The molecule has 0 fully saturated rings. The number of benzene rings is 2. The quantitative estimate of drug-likeness (QED) is 0.810. The number of Topliss-reactive ketones (excluding diaryl/α,β-unsaturated/α-hetero) is 1. The molecule has 0 unspecified atom stereocenters. The summed E-state index contributed by atoms with van der Waals surface area (Å²) in [5.41, 5.74) is 0.398. The molecule has 0 aliphatic heterocycles. The lowest BCUT2D eigenvalue weighted by molar-refractivity contribution is 0.0991. The fourth-order valence-electron chi connectivity index (χ4n) is 1.86. The summed E-state index contributed by atoms with van der Waals surface area (Å²) in [6, 6.07) is 10.1. The molecule has 0 saturated heterocycles. The Balaban J connectivity index is 2.31. The highest BCUT2D eigenvalue weighted by molar-refractivity contribution is 7.90. The summed E-state index contributed by atoms with van der Waals surface area (Å²) in [4.78, 5) is 12.2. The van der Waals surface area contributed by atoms with Crippen molar-refractivity contribution in [2.45, 2.75) is 11.3 Å². The molecule has 0 aliphatic carbocycles. The van der Waals surface area contributed by atoms with Crippen molar-refractivity contribution in [1.29, 1.82) is 0 Å². The Morgan fingerprint density at radius 3 is 2.52 bits per heavy atom. The highest BCUT2D eigenvalue weighted by Crippen LogP contribution is 2.20. The molecule has 6 heteroatoms. The van der Waals surface area contributed by atoms with Crippen LogP contribution in [-0.2, 0) is 16.3 Å². The van der Waals surface area contributed by atoms with Gasteiger partial charge in [0.2, 0.25) is 0 Å². The van der Waals surface area contributed by atoms with Crippen LogP contribution in [-0.4, -0.2) is 20.5 Å². The highest BCUT2D eigenvalue weighted by Gasteiger charge is 2.15. The summed E-state index contributed by atoms with van der Waals surface area (Å²) in [7, 11) is -3.39.